The van der Waals surface area contributed by atoms with Crippen LogP contribution in [0.4, 0.5) is 18.9 Å². The summed E-state index contributed by atoms with van der Waals surface area (Å²) in [6.07, 6.45) is -2.72. The molecule has 4 rings (SSSR count). The highest BCUT2D eigenvalue weighted by Crippen LogP contribution is 2.36. The fourth-order valence-electron chi connectivity index (χ4n) is 3.82. The number of aromatic nitrogens is 2. The molecule has 2 N–H and O–H groups in total. The largest absolute Gasteiger partial charge is 0.417 e. The van der Waals surface area contributed by atoms with Crippen LogP contribution in [0.5, 0.6) is 0 Å². The van der Waals surface area contributed by atoms with Gasteiger partial charge in [0.2, 0.25) is 15.9 Å². The first-order valence-electron chi connectivity index (χ1n) is 10.2. The highest BCUT2D eigenvalue weighted by molar-refractivity contribution is 7.89. The Labute approximate surface area is 188 Å². The lowest BCUT2D eigenvalue weighted by atomic mass is 9.97. The average Bonchev–Trinajstić information content (AvgIpc) is 3.34. The van der Waals surface area contributed by atoms with Gasteiger partial charge in [-0.2, -0.15) is 22.6 Å². The zero-order valence-corrected chi connectivity index (χ0v) is 18.2. The third-order valence-electron chi connectivity index (χ3n) is 5.60. The SMILES string of the molecule is O=C(Nc1ccc(-c2ccn[nH]2)cc1)C1CCN(S(=O)(=O)c2ccccc2C(F)(F)F)CC1. The van der Waals surface area contributed by atoms with Crippen LogP contribution in [0, 0.1) is 5.92 Å². The number of carbonyl (C=O) groups excluding carboxylic acids is 1. The summed E-state index contributed by atoms with van der Waals surface area (Å²) in [5, 5.41) is 9.56. The quantitative estimate of drug-likeness (QED) is 0.576. The van der Waals surface area contributed by atoms with Crippen molar-refractivity contribution in [3.05, 3.63) is 66.4 Å². The predicted molar refractivity (Wildman–Crippen MR) is 116 cm³/mol. The topological polar surface area (TPSA) is 95.2 Å². The fraction of sp³-hybridized carbons (Fsp3) is 0.273. The zero-order valence-electron chi connectivity index (χ0n) is 17.3. The summed E-state index contributed by atoms with van der Waals surface area (Å²) in [6.45, 7) is -0.0727. The molecule has 0 unspecified atom stereocenters. The molecule has 1 fully saturated rings. The molecular formula is C22H21F3N4O3S. The van der Waals surface area contributed by atoms with E-state index in [0.29, 0.717) is 5.69 Å². The molecule has 1 aliphatic rings. The van der Waals surface area contributed by atoms with Gasteiger partial charge in [-0.1, -0.05) is 24.3 Å². The molecule has 7 nitrogen and oxygen atoms in total. The third-order valence-corrected chi connectivity index (χ3v) is 7.56. The molecule has 0 saturated carbocycles. The smallest absolute Gasteiger partial charge is 0.326 e. The van der Waals surface area contributed by atoms with E-state index in [-0.39, 0.29) is 31.8 Å². The number of halogens is 3. The van der Waals surface area contributed by atoms with Gasteiger partial charge in [0.25, 0.3) is 0 Å². The molecule has 0 aliphatic carbocycles. The van der Waals surface area contributed by atoms with Crippen molar-refractivity contribution in [3.8, 4) is 11.3 Å². The first kappa shape index (κ1) is 23.0. The van der Waals surface area contributed by atoms with Gasteiger partial charge in [0.1, 0.15) is 0 Å². The van der Waals surface area contributed by atoms with E-state index in [1.807, 2.05) is 18.2 Å². The first-order valence-corrected chi connectivity index (χ1v) is 11.7. The van der Waals surface area contributed by atoms with Gasteiger partial charge in [-0.25, -0.2) is 8.42 Å². The van der Waals surface area contributed by atoms with Crippen LogP contribution in [0.2, 0.25) is 0 Å². The summed E-state index contributed by atoms with van der Waals surface area (Å²) in [7, 11) is -4.34. The van der Waals surface area contributed by atoms with Crippen molar-refractivity contribution in [2.75, 3.05) is 18.4 Å². The second kappa shape index (κ2) is 8.99. The summed E-state index contributed by atoms with van der Waals surface area (Å²) in [4.78, 5) is 11.9. The average molecular weight is 478 g/mol. The Hall–Kier alpha value is -3.18. The van der Waals surface area contributed by atoms with Gasteiger partial charge >= 0.3 is 6.18 Å². The van der Waals surface area contributed by atoms with E-state index in [2.05, 4.69) is 15.5 Å². The van der Waals surface area contributed by atoms with Gasteiger partial charge in [0.15, 0.2) is 0 Å². The molecule has 11 heteroatoms. The molecule has 0 atom stereocenters. The molecule has 1 aliphatic heterocycles. The lowest BCUT2D eigenvalue weighted by Crippen LogP contribution is -2.41. The van der Waals surface area contributed by atoms with Crippen LogP contribution in [-0.4, -0.2) is 41.9 Å². The summed E-state index contributed by atoms with van der Waals surface area (Å²) in [6, 6.07) is 13.1. The predicted octanol–water partition coefficient (Wildman–Crippen LogP) is 4.13. The molecule has 1 saturated heterocycles. The van der Waals surface area contributed by atoms with Crippen molar-refractivity contribution in [1.82, 2.24) is 14.5 Å². The van der Waals surface area contributed by atoms with E-state index < -0.39 is 32.6 Å². The van der Waals surface area contributed by atoms with Gasteiger partial charge in [0.05, 0.1) is 16.2 Å². The minimum Gasteiger partial charge on any atom is -0.326 e. The van der Waals surface area contributed by atoms with Crippen LogP contribution in [0.1, 0.15) is 18.4 Å². The van der Waals surface area contributed by atoms with Crippen LogP contribution in [0.15, 0.2) is 65.7 Å². The number of H-pyrrole nitrogens is 1. The molecule has 2 aromatic carbocycles. The molecule has 1 aromatic heterocycles. The second-order valence-corrected chi connectivity index (χ2v) is 9.62. The number of alkyl halides is 3. The van der Waals surface area contributed by atoms with Gasteiger partial charge in [-0.3, -0.25) is 9.89 Å². The number of hydrogen-bond acceptors (Lipinski definition) is 4. The van der Waals surface area contributed by atoms with Crippen LogP contribution in [-0.2, 0) is 21.0 Å². The Morgan fingerprint density at radius 2 is 1.70 bits per heavy atom. The number of sulfonamides is 1. The van der Waals surface area contributed by atoms with Gasteiger partial charge in [-0.15, -0.1) is 0 Å². The minimum atomic E-state index is -4.78. The Balaban J connectivity index is 1.39. The van der Waals surface area contributed by atoms with Crippen LogP contribution < -0.4 is 5.32 Å². The van der Waals surface area contributed by atoms with Crippen molar-refractivity contribution >= 4 is 21.6 Å². The Morgan fingerprint density at radius 1 is 1.03 bits per heavy atom. The molecule has 0 bridgehead atoms. The zero-order chi connectivity index (χ0) is 23.6. The molecule has 0 radical (unpaired) electrons. The molecule has 2 heterocycles. The number of benzene rings is 2. The fourth-order valence-corrected chi connectivity index (χ4v) is 5.50. The number of anilines is 1. The maximum absolute atomic E-state index is 13.3. The van der Waals surface area contributed by atoms with E-state index >= 15 is 0 Å². The van der Waals surface area contributed by atoms with E-state index in [1.54, 1.807) is 18.3 Å². The van der Waals surface area contributed by atoms with Crippen molar-refractivity contribution in [2.45, 2.75) is 23.9 Å². The van der Waals surface area contributed by atoms with Gasteiger partial charge in [0, 0.05) is 30.9 Å². The number of amides is 1. The third kappa shape index (κ3) is 4.93. The lowest BCUT2D eigenvalue weighted by Gasteiger charge is -2.31. The monoisotopic (exact) mass is 478 g/mol. The highest BCUT2D eigenvalue weighted by Gasteiger charge is 2.40. The number of carbonyl (C=O) groups is 1. The van der Waals surface area contributed by atoms with Crippen molar-refractivity contribution < 1.29 is 26.4 Å². The molecular weight excluding hydrogens is 457 g/mol. The van der Waals surface area contributed by atoms with Crippen LogP contribution in [0.3, 0.4) is 0 Å². The number of aromatic amines is 1. The van der Waals surface area contributed by atoms with E-state index in [4.69, 9.17) is 0 Å². The summed E-state index contributed by atoms with van der Waals surface area (Å²) in [5.41, 5.74) is 1.15. The number of hydrogen-bond donors (Lipinski definition) is 2. The van der Waals surface area contributed by atoms with Crippen LogP contribution in [0.25, 0.3) is 11.3 Å². The summed E-state index contributed by atoms with van der Waals surface area (Å²) < 4.78 is 66.6. The van der Waals surface area contributed by atoms with E-state index in [1.165, 1.54) is 6.07 Å². The van der Waals surface area contributed by atoms with Crippen molar-refractivity contribution in [1.29, 1.82) is 0 Å². The summed E-state index contributed by atoms with van der Waals surface area (Å²) >= 11 is 0. The van der Waals surface area contributed by atoms with Crippen LogP contribution >= 0.6 is 0 Å². The lowest BCUT2D eigenvalue weighted by molar-refractivity contribution is -0.139. The standard InChI is InChI=1S/C22H21F3N4O3S/c23-22(24,25)18-3-1-2-4-20(18)33(31,32)29-13-10-16(11-14-29)21(30)27-17-7-5-15(6-8-17)19-9-12-26-28-19/h1-9,12,16H,10-11,13-14H2,(H,26,28)(H,27,30). The van der Waals surface area contributed by atoms with E-state index in [9.17, 15) is 26.4 Å². The molecule has 3 aromatic rings. The Kier molecular flexibility index (Phi) is 6.26. The Bertz CT molecular complexity index is 1220. The maximum atomic E-state index is 13.3. The number of rotatable bonds is 5. The molecule has 1 amide bonds. The number of nitrogens with zero attached hydrogens (tertiary/aromatic N) is 2. The summed E-state index contributed by atoms with van der Waals surface area (Å²) in [5.74, 6) is -0.696. The molecule has 0 spiro atoms. The Morgan fingerprint density at radius 3 is 2.30 bits per heavy atom. The van der Waals surface area contributed by atoms with Gasteiger partial charge in [-0.05, 0) is 48.7 Å². The maximum Gasteiger partial charge on any atom is 0.417 e. The molecule has 33 heavy (non-hydrogen) atoms. The van der Waals surface area contributed by atoms with E-state index in [0.717, 1.165) is 33.8 Å². The second-order valence-electron chi connectivity index (χ2n) is 7.71. The van der Waals surface area contributed by atoms with Gasteiger partial charge < -0.3 is 5.32 Å². The van der Waals surface area contributed by atoms with Crippen molar-refractivity contribution in [2.24, 2.45) is 5.92 Å². The number of nitrogens with one attached hydrogen (secondary N) is 2. The highest BCUT2D eigenvalue weighted by atomic mass is 32.2. The first-order chi connectivity index (χ1) is 15.7. The number of piperidine rings is 1. The molecule has 174 valence electrons. The minimum absolute atomic E-state index is 0.0363. The normalized spacial score (nSPS) is 16.0. The van der Waals surface area contributed by atoms with Crippen molar-refractivity contribution in [3.63, 3.8) is 0 Å².